The number of aryl methyl sites for hydroxylation is 1. The molecule has 1 aliphatic heterocycles. The highest BCUT2D eigenvalue weighted by Crippen LogP contribution is 2.21. The molecule has 0 fully saturated rings. The Morgan fingerprint density at radius 1 is 1.07 bits per heavy atom. The highest BCUT2D eigenvalue weighted by Gasteiger charge is 2.27. The van der Waals surface area contributed by atoms with Crippen molar-refractivity contribution < 1.29 is 9.63 Å². The van der Waals surface area contributed by atoms with E-state index in [0.29, 0.717) is 13.0 Å². The second-order valence-electron chi connectivity index (χ2n) is 6.65. The van der Waals surface area contributed by atoms with Crippen LogP contribution in [-0.2, 0) is 22.6 Å². The van der Waals surface area contributed by atoms with E-state index < -0.39 is 6.10 Å². The van der Waals surface area contributed by atoms with Crippen LogP contribution in [0.15, 0.2) is 71.2 Å². The Morgan fingerprint density at radius 2 is 1.82 bits per heavy atom. The summed E-state index contributed by atoms with van der Waals surface area (Å²) in [7, 11) is 0. The number of carbonyl (C=O) groups excluding carboxylic acids is 1. The van der Waals surface area contributed by atoms with Crippen LogP contribution < -0.4 is 5.32 Å². The molecular weight excluding hydrogens is 370 g/mol. The molecule has 2 heterocycles. The number of benzene rings is 2. The Kier molecular flexibility index (Phi) is 5.77. The first kappa shape index (κ1) is 18.4. The fraction of sp³-hybridized carbons (Fsp3) is 0.227. The molecule has 0 saturated heterocycles. The molecule has 4 rings (SSSR count). The van der Waals surface area contributed by atoms with Gasteiger partial charge >= 0.3 is 0 Å². The summed E-state index contributed by atoms with van der Waals surface area (Å²) in [5.74, 6) is -0.144. The molecule has 1 N–H and O–H groups in total. The molecule has 1 atom stereocenters. The molecule has 0 saturated carbocycles. The van der Waals surface area contributed by atoms with E-state index in [2.05, 4.69) is 27.6 Å². The molecule has 5 nitrogen and oxygen atoms in total. The van der Waals surface area contributed by atoms with E-state index in [9.17, 15) is 4.79 Å². The van der Waals surface area contributed by atoms with Crippen LogP contribution in [0, 0.1) is 0 Å². The first-order valence-electron chi connectivity index (χ1n) is 9.31. The van der Waals surface area contributed by atoms with Crippen LogP contribution >= 0.6 is 11.3 Å². The van der Waals surface area contributed by atoms with Gasteiger partial charge in [-0.2, -0.15) is 0 Å². The number of rotatable bonds is 7. The number of hydrogen-bond acceptors (Lipinski definition) is 5. The van der Waals surface area contributed by atoms with Crippen LogP contribution in [-0.4, -0.2) is 22.7 Å². The molecule has 142 valence electrons. The molecule has 1 aromatic heterocycles. The van der Waals surface area contributed by atoms with E-state index in [-0.39, 0.29) is 5.91 Å². The van der Waals surface area contributed by atoms with Crippen molar-refractivity contribution in [2.45, 2.75) is 31.9 Å². The molecule has 0 bridgehead atoms. The standard InChI is InChI=1S/C22H21N3O2S/c26-22(20-13-18(25-27-20)12-11-16-7-3-1-4-8-16)23-14-21-24-19(15-28-21)17-9-5-2-6-10-17/h1-10,15,20H,11-14H2,(H,23,26). The normalized spacial score (nSPS) is 15.7. The van der Waals surface area contributed by atoms with Crippen LogP contribution in [0.5, 0.6) is 0 Å². The summed E-state index contributed by atoms with van der Waals surface area (Å²) in [6, 6.07) is 20.3. The number of aromatic nitrogens is 1. The zero-order valence-electron chi connectivity index (χ0n) is 15.4. The largest absolute Gasteiger partial charge is 0.382 e. The zero-order valence-corrected chi connectivity index (χ0v) is 16.2. The third-order valence-corrected chi connectivity index (χ3v) is 5.45. The average Bonchev–Trinajstić information content (AvgIpc) is 3.42. The molecule has 0 spiro atoms. The van der Waals surface area contributed by atoms with E-state index in [1.165, 1.54) is 16.9 Å². The summed E-state index contributed by atoms with van der Waals surface area (Å²) in [5.41, 5.74) is 4.20. The summed E-state index contributed by atoms with van der Waals surface area (Å²) in [5, 5.41) is 9.88. The lowest BCUT2D eigenvalue weighted by Gasteiger charge is -2.08. The lowest BCUT2D eigenvalue weighted by atomic mass is 10.0. The molecule has 28 heavy (non-hydrogen) atoms. The summed E-state index contributed by atoms with van der Waals surface area (Å²) in [6.45, 7) is 0.398. The minimum absolute atomic E-state index is 0.144. The first-order chi connectivity index (χ1) is 13.8. The van der Waals surface area contributed by atoms with Crippen molar-refractivity contribution in [3.05, 3.63) is 76.6 Å². The first-order valence-corrected chi connectivity index (χ1v) is 10.2. The lowest BCUT2D eigenvalue weighted by Crippen LogP contribution is -2.34. The molecule has 1 aliphatic rings. The minimum Gasteiger partial charge on any atom is -0.382 e. The van der Waals surface area contributed by atoms with Gasteiger partial charge in [0.15, 0.2) is 0 Å². The van der Waals surface area contributed by atoms with Crippen molar-refractivity contribution in [1.82, 2.24) is 10.3 Å². The van der Waals surface area contributed by atoms with Crippen LogP contribution in [0.25, 0.3) is 11.3 Å². The van der Waals surface area contributed by atoms with Crippen molar-refractivity contribution >= 4 is 23.0 Å². The second kappa shape index (κ2) is 8.80. The quantitative estimate of drug-likeness (QED) is 0.656. The van der Waals surface area contributed by atoms with Crippen molar-refractivity contribution in [2.24, 2.45) is 5.16 Å². The fourth-order valence-corrected chi connectivity index (χ4v) is 3.80. The van der Waals surface area contributed by atoms with Gasteiger partial charge in [0.05, 0.1) is 18.0 Å². The van der Waals surface area contributed by atoms with Crippen LogP contribution in [0.4, 0.5) is 0 Å². The summed E-state index contributed by atoms with van der Waals surface area (Å²) < 4.78 is 0. The third-order valence-electron chi connectivity index (χ3n) is 4.60. The van der Waals surface area contributed by atoms with E-state index in [1.807, 2.05) is 53.9 Å². The molecular formula is C22H21N3O2S. The van der Waals surface area contributed by atoms with Gasteiger partial charge in [-0.05, 0) is 18.4 Å². The monoisotopic (exact) mass is 391 g/mol. The maximum absolute atomic E-state index is 12.4. The smallest absolute Gasteiger partial charge is 0.264 e. The predicted molar refractivity (Wildman–Crippen MR) is 111 cm³/mol. The van der Waals surface area contributed by atoms with Crippen molar-refractivity contribution in [1.29, 1.82) is 0 Å². The zero-order chi connectivity index (χ0) is 19.2. The van der Waals surface area contributed by atoms with E-state index >= 15 is 0 Å². The Morgan fingerprint density at radius 3 is 2.61 bits per heavy atom. The van der Waals surface area contributed by atoms with Gasteiger partial charge in [0.2, 0.25) is 6.10 Å². The third kappa shape index (κ3) is 4.64. The van der Waals surface area contributed by atoms with Crippen LogP contribution in [0.2, 0.25) is 0 Å². The van der Waals surface area contributed by atoms with Gasteiger partial charge in [0, 0.05) is 17.4 Å². The van der Waals surface area contributed by atoms with E-state index in [0.717, 1.165) is 34.8 Å². The molecule has 3 aromatic rings. The lowest BCUT2D eigenvalue weighted by molar-refractivity contribution is -0.131. The van der Waals surface area contributed by atoms with Gasteiger partial charge in [0.1, 0.15) is 5.01 Å². The SMILES string of the molecule is O=C(NCc1nc(-c2ccccc2)cs1)C1CC(CCc2ccccc2)=NO1. The van der Waals surface area contributed by atoms with Gasteiger partial charge in [-0.1, -0.05) is 65.8 Å². The number of hydrogen-bond donors (Lipinski definition) is 1. The number of nitrogens with one attached hydrogen (secondary N) is 1. The average molecular weight is 391 g/mol. The summed E-state index contributed by atoms with van der Waals surface area (Å²) in [4.78, 5) is 22.3. The van der Waals surface area contributed by atoms with Crippen LogP contribution in [0.1, 0.15) is 23.4 Å². The van der Waals surface area contributed by atoms with Gasteiger partial charge < -0.3 is 10.2 Å². The van der Waals surface area contributed by atoms with Crippen molar-refractivity contribution in [2.75, 3.05) is 0 Å². The van der Waals surface area contributed by atoms with E-state index in [4.69, 9.17) is 4.84 Å². The van der Waals surface area contributed by atoms with Gasteiger partial charge in [0.25, 0.3) is 5.91 Å². The molecule has 2 aromatic carbocycles. The number of carbonyl (C=O) groups is 1. The molecule has 0 aliphatic carbocycles. The highest BCUT2D eigenvalue weighted by atomic mass is 32.1. The molecule has 1 unspecified atom stereocenters. The van der Waals surface area contributed by atoms with Crippen LogP contribution in [0.3, 0.4) is 0 Å². The maximum atomic E-state index is 12.4. The maximum Gasteiger partial charge on any atom is 0.264 e. The number of oxime groups is 1. The van der Waals surface area contributed by atoms with Gasteiger partial charge in [-0.3, -0.25) is 4.79 Å². The fourth-order valence-electron chi connectivity index (χ4n) is 3.06. The molecule has 0 radical (unpaired) electrons. The van der Waals surface area contributed by atoms with Crippen molar-refractivity contribution in [3.8, 4) is 11.3 Å². The topological polar surface area (TPSA) is 63.6 Å². The second-order valence-corrected chi connectivity index (χ2v) is 7.59. The van der Waals surface area contributed by atoms with Gasteiger partial charge in [-0.15, -0.1) is 11.3 Å². The summed E-state index contributed by atoms with van der Waals surface area (Å²) in [6.07, 6.45) is 1.71. The number of amides is 1. The van der Waals surface area contributed by atoms with Gasteiger partial charge in [-0.25, -0.2) is 4.98 Å². The minimum atomic E-state index is -0.542. The summed E-state index contributed by atoms with van der Waals surface area (Å²) >= 11 is 1.54. The Hall–Kier alpha value is -2.99. The number of nitrogens with zero attached hydrogens (tertiary/aromatic N) is 2. The Labute approximate surface area is 168 Å². The number of thiazole rings is 1. The Bertz CT molecular complexity index is 954. The predicted octanol–water partition coefficient (Wildman–Crippen LogP) is 4.20. The van der Waals surface area contributed by atoms with E-state index in [1.54, 1.807) is 0 Å². The molecule has 6 heteroatoms. The van der Waals surface area contributed by atoms with Crippen molar-refractivity contribution in [3.63, 3.8) is 0 Å². The Balaban J connectivity index is 1.23. The highest BCUT2D eigenvalue weighted by molar-refractivity contribution is 7.09. The molecule has 1 amide bonds.